The molecule has 0 aliphatic heterocycles. The first kappa shape index (κ1) is 29.3. The maximum absolute atomic E-state index is 12.6. The van der Waals surface area contributed by atoms with Gasteiger partial charge in [-0.25, -0.2) is 0 Å². The third kappa shape index (κ3) is 7.10. The molecule has 0 saturated heterocycles. The summed E-state index contributed by atoms with van der Waals surface area (Å²) in [5.41, 5.74) is 10.4. The summed E-state index contributed by atoms with van der Waals surface area (Å²) in [7, 11) is 3.70. The van der Waals surface area contributed by atoms with E-state index in [-0.39, 0.29) is 30.3 Å². The molecule has 1 saturated carbocycles. The highest BCUT2D eigenvalue weighted by Crippen LogP contribution is 2.32. The van der Waals surface area contributed by atoms with Crippen molar-refractivity contribution in [2.24, 2.45) is 5.73 Å². The fraction of sp³-hybridized carbons (Fsp3) is 0.533. The predicted octanol–water partition coefficient (Wildman–Crippen LogP) is 3.55. The van der Waals surface area contributed by atoms with Gasteiger partial charge in [0.25, 0.3) is 5.91 Å². The highest BCUT2D eigenvalue weighted by atomic mass is 16.6. The molecule has 40 heavy (non-hydrogen) atoms. The van der Waals surface area contributed by atoms with E-state index in [9.17, 15) is 19.2 Å². The highest BCUT2D eigenvalue weighted by molar-refractivity contribution is 6.00. The van der Waals surface area contributed by atoms with Crippen LogP contribution < -0.4 is 11.1 Å². The second kappa shape index (κ2) is 12.7. The summed E-state index contributed by atoms with van der Waals surface area (Å²) in [5, 5.41) is 3.51. The van der Waals surface area contributed by atoms with Crippen molar-refractivity contribution in [3.05, 3.63) is 46.8 Å². The summed E-state index contributed by atoms with van der Waals surface area (Å²) in [6, 6.07) is 7.55. The average Bonchev–Trinajstić information content (AvgIpc) is 3.21. The molecule has 2 aromatic rings. The molecule has 0 radical (unpaired) electrons. The number of aromatic nitrogens is 1. The van der Waals surface area contributed by atoms with Gasteiger partial charge in [-0.1, -0.05) is 0 Å². The molecule has 1 amide bonds. The number of benzene rings is 1. The first-order valence-electron chi connectivity index (χ1n) is 14.0. The number of anilines is 1. The highest BCUT2D eigenvalue weighted by Gasteiger charge is 2.28. The van der Waals surface area contributed by atoms with Gasteiger partial charge in [-0.3, -0.25) is 19.2 Å². The Morgan fingerprint density at radius 1 is 1.12 bits per heavy atom. The van der Waals surface area contributed by atoms with Crippen LogP contribution >= 0.6 is 0 Å². The Balaban J connectivity index is 1.41. The Bertz CT molecular complexity index is 1280. The molecule has 1 aromatic carbocycles. The van der Waals surface area contributed by atoms with Crippen LogP contribution in [-0.2, 0) is 25.5 Å². The van der Waals surface area contributed by atoms with Crippen molar-refractivity contribution in [3.8, 4) is 5.69 Å². The molecule has 2 aliphatic carbocycles. The van der Waals surface area contributed by atoms with Gasteiger partial charge < -0.3 is 30.0 Å². The summed E-state index contributed by atoms with van der Waals surface area (Å²) in [5.74, 6) is -1.14. The Labute approximate surface area is 235 Å². The number of ketones is 1. The summed E-state index contributed by atoms with van der Waals surface area (Å²) >= 11 is 0. The number of carbonyl (C=O) groups excluding carboxylic acids is 4. The van der Waals surface area contributed by atoms with Crippen molar-refractivity contribution in [1.29, 1.82) is 0 Å². The number of carbonyl (C=O) groups is 4. The van der Waals surface area contributed by atoms with Crippen molar-refractivity contribution in [3.63, 3.8) is 0 Å². The zero-order chi connectivity index (χ0) is 29.0. The van der Waals surface area contributed by atoms with Gasteiger partial charge in [0.1, 0.15) is 12.2 Å². The summed E-state index contributed by atoms with van der Waals surface area (Å²) in [6.07, 6.45) is 4.32. The second-order valence-corrected chi connectivity index (χ2v) is 11.2. The van der Waals surface area contributed by atoms with E-state index in [0.717, 1.165) is 48.3 Å². The van der Waals surface area contributed by atoms with Crippen LogP contribution in [0.25, 0.3) is 5.69 Å². The number of primary amides is 1. The number of nitrogens with one attached hydrogen (secondary N) is 1. The van der Waals surface area contributed by atoms with Gasteiger partial charge in [0.2, 0.25) is 0 Å². The van der Waals surface area contributed by atoms with Crippen LogP contribution in [0.5, 0.6) is 0 Å². The van der Waals surface area contributed by atoms with Gasteiger partial charge in [0.15, 0.2) is 5.78 Å². The SMILES string of the molecule is CC(=O)OC(CC(=O)O[C@H]1CC[C@H](Nc2cc(-n3c(C)cc4c3CCCC4=O)ccc2C(N)=O)CC1)CN(C)C. The number of hydrogen-bond donors (Lipinski definition) is 2. The zero-order valence-electron chi connectivity index (χ0n) is 23.8. The topological polar surface area (TPSA) is 133 Å². The molecule has 10 nitrogen and oxygen atoms in total. The molecular weight excluding hydrogens is 512 g/mol. The quantitative estimate of drug-likeness (QED) is 0.428. The lowest BCUT2D eigenvalue weighted by atomic mass is 9.92. The van der Waals surface area contributed by atoms with E-state index in [2.05, 4.69) is 9.88 Å². The van der Waals surface area contributed by atoms with E-state index in [1.54, 1.807) is 6.07 Å². The lowest BCUT2D eigenvalue weighted by molar-refractivity contribution is -0.158. The van der Waals surface area contributed by atoms with E-state index >= 15 is 0 Å². The molecule has 3 N–H and O–H groups in total. The predicted molar refractivity (Wildman–Crippen MR) is 151 cm³/mol. The molecule has 1 unspecified atom stereocenters. The van der Waals surface area contributed by atoms with Crippen molar-refractivity contribution in [2.45, 2.75) is 83.5 Å². The number of hydrogen-bond acceptors (Lipinski definition) is 8. The summed E-state index contributed by atoms with van der Waals surface area (Å²) in [4.78, 5) is 50.5. The third-order valence-electron chi connectivity index (χ3n) is 7.56. The number of amides is 1. The van der Waals surface area contributed by atoms with Gasteiger partial charge in [0, 0.05) is 54.3 Å². The average molecular weight is 553 g/mol. The number of nitrogens with two attached hydrogens (primary N) is 1. The van der Waals surface area contributed by atoms with Crippen LogP contribution in [0.1, 0.15) is 84.0 Å². The van der Waals surface area contributed by atoms with E-state index in [1.165, 1.54) is 6.92 Å². The number of fused-ring (bicyclic) bond motifs is 1. The molecule has 1 fully saturated rings. The Morgan fingerprint density at radius 3 is 2.50 bits per heavy atom. The van der Waals surface area contributed by atoms with Crippen LogP contribution in [0.15, 0.2) is 24.3 Å². The maximum Gasteiger partial charge on any atom is 0.309 e. The molecule has 2 aliphatic rings. The van der Waals surface area contributed by atoms with Gasteiger partial charge >= 0.3 is 11.9 Å². The van der Waals surface area contributed by atoms with E-state index in [0.29, 0.717) is 37.1 Å². The van der Waals surface area contributed by atoms with E-state index in [1.807, 2.05) is 44.1 Å². The molecule has 216 valence electrons. The largest absolute Gasteiger partial charge is 0.462 e. The zero-order valence-corrected chi connectivity index (χ0v) is 23.8. The molecule has 0 spiro atoms. The van der Waals surface area contributed by atoms with Crippen LogP contribution in [-0.4, -0.2) is 72.0 Å². The van der Waals surface area contributed by atoms with E-state index in [4.69, 9.17) is 15.2 Å². The van der Waals surface area contributed by atoms with E-state index < -0.39 is 18.0 Å². The third-order valence-corrected chi connectivity index (χ3v) is 7.56. The first-order chi connectivity index (χ1) is 19.0. The van der Waals surface area contributed by atoms with Crippen LogP contribution in [0.4, 0.5) is 5.69 Å². The van der Waals surface area contributed by atoms with Gasteiger partial charge in [-0.05, 0) is 83.8 Å². The Hall–Kier alpha value is -3.66. The van der Waals surface area contributed by atoms with Crippen LogP contribution in [0.3, 0.4) is 0 Å². The van der Waals surface area contributed by atoms with Crippen LogP contribution in [0, 0.1) is 6.92 Å². The molecular formula is C30H40N4O6. The lowest BCUT2D eigenvalue weighted by Crippen LogP contribution is -2.35. The molecule has 10 heteroatoms. The smallest absolute Gasteiger partial charge is 0.309 e. The minimum atomic E-state index is -0.551. The molecule has 4 rings (SSSR count). The molecule has 1 atom stereocenters. The normalized spacial score (nSPS) is 19.6. The van der Waals surface area contributed by atoms with Crippen molar-refractivity contribution >= 4 is 29.3 Å². The number of likely N-dealkylation sites (N-methyl/N-ethyl adjacent to an activating group) is 1. The number of rotatable bonds is 10. The first-order valence-corrected chi connectivity index (χ1v) is 14.0. The Kier molecular flexibility index (Phi) is 9.29. The van der Waals surface area contributed by atoms with Gasteiger partial charge in [-0.15, -0.1) is 0 Å². The summed E-state index contributed by atoms with van der Waals surface area (Å²) < 4.78 is 13.1. The molecule has 0 bridgehead atoms. The number of Topliss-reactive ketones (excluding diaryl/α,β-unsaturated/α-hetero) is 1. The minimum Gasteiger partial charge on any atom is -0.462 e. The van der Waals surface area contributed by atoms with Crippen LogP contribution in [0.2, 0.25) is 0 Å². The van der Waals surface area contributed by atoms with Crippen molar-refractivity contribution in [1.82, 2.24) is 9.47 Å². The molecule has 1 aromatic heterocycles. The molecule has 1 heterocycles. The number of esters is 2. The fourth-order valence-corrected chi connectivity index (χ4v) is 5.84. The Morgan fingerprint density at radius 2 is 1.85 bits per heavy atom. The standard InChI is InChI=1S/C30H40N4O6/c1-18-14-25-27(6-5-7-28(25)36)34(18)21-10-13-24(30(31)38)26(15-21)32-20-8-11-22(12-9-20)40-29(37)16-23(17-33(3)4)39-19(2)35/h10,13-15,20,22-23,32H,5-9,11-12,16-17H2,1-4H3,(H2,31,38)/t20-,22-,23?. The maximum atomic E-state index is 12.6. The number of nitrogens with zero attached hydrogens (tertiary/aromatic N) is 2. The van der Waals surface area contributed by atoms with Gasteiger partial charge in [0.05, 0.1) is 12.0 Å². The van der Waals surface area contributed by atoms with Crippen molar-refractivity contribution < 1.29 is 28.7 Å². The minimum absolute atomic E-state index is 0.0127. The second-order valence-electron chi connectivity index (χ2n) is 11.2. The monoisotopic (exact) mass is 552 g/mol. The lowest BCUT2D eigenvalue weighted by Gasteiger charge is -2.30. The number of aryl methyl sites for hydroxylation is 1. The number of ether oxygens (including phenoxy) is 2. The fourth-order valence-electron chi connectivity index (χ4n) is 5.84. The summed E-state index contributed by atoms with van der Waals surface area (Å²) in [6.45, 7) is 3.75. The van der Waals surface area contributed by atoms with Gasteiger partial charge in [-0.2, -0.15) is 0 Å². The van der Waals surface area contributed by atoms with Crippen molar-refractivity contribution in [2.75, 3.05) is 26.0 Å².